The zero-order valence-electron chi connectivity index (χ0n) is 20.9. The second-order valence-electron chi connectivity index (χ2n) is 12.3. The molecule has 0 aromatic rings. The summed E-state index contributed by atoms with van der Waals surface area (Å²) in [5.41, 5.74) is 0.296. The molecule has 4 aliphatic carbocycles. The van der Waals surface area contributed by atoms with Crippen LogP contribution in [0.1, 0.15) is 85.0 Å². The lowest BCUT2D eigenvalue weighted by Crippen LogP contribution is -2.58. The zero-order chi connectivity index (χ0) is 23.8. The Morgan fingerprint density at radius 3 is 2.70 bits per heavy atom. The van der Waals surface area contributed by atoms with Crippen molar-refractivity contribution in [1.82, 2.24) is 5.32 Å². The van der Waals surface area contributed by atoms with Crippen LogP contribution < -0.4 is 5.32 Å². The Balaban J connectivity index is 1.42. The van der Waals surface area contributed by atoms with Gasteiger partial charge in [-0.15, -0.1) is 6.42 Å². The van der Waals surface area contributed by atoms with Crippen LogP contribution in [0.3, 0.4) is 0 Å². The van der Waals surface area contributed by atoms with Gasteiger partial charge in [0.25, 0.3) is 0 Å². The predicted octanol–water partition coefficient (Wildman–Crippen LogP) is 4.70. The SMILES string of the molecule is C#CCNC(=O)/C=C/CCC(C)C1CCC2C3CCC4CC(O)CCC4(C)C3CC(O)C12C. The van der Waals surface area contributed by atoms with Crippen molar-refractivity contribution in [2.45, 2.75) is 97.2 Å². The summed E-state index contributed by atoms with van der Waals surface area (Å²) in [6.07, 6.45) is 19.3. The molecule has 4 aliphatic rings. The van der Waals surface area contributed by atoms with Crippen LogP contribution in [0.2, 0.25) is 0 Å². The van der Waals surface area contributed by atoms with Crippen LogP contribution in [0.4, 0.5) is 0 Å². The normalized spacial score (nSPS) is 45.5. The molecule has 4 heteroatoms. The minimum absolute atomic E-state index is 0.00580. The van der Waals surface area contributed by atoms with Crippen molar-refractivity contribution in [2.24, 2.45) is 46.3 Å². The van der Waals surface area contributed by atoms with E-state index in [1.165, 1.54) is 25.7 Å². The number of aliphatic hydroxyl groups excluding tert-OH is 2. The Morgan fingerprint density at radius 1 is 1.15 bits per heavy atom. The Labute approximate surface area is 201 Å². The molecule has 4 fully saturated rings. The molecule has 184 valence electrons. The van der Waals surface area contributed by atoms with Crippen LogP contribution in [0.5, 0.6) is 0 Å². The van der Waals surface area contributed by atoms with E-state index in [2.05, 4.69) is 32.0 Å². The predicted molar refractivity (Wildman–Crippen MR) is 132 cm³/mol. The third-order valence-corrected chi connectivity index (χ3v) is 10.9. The second-order valence-corrected chi connectivity index (χ2v) is 12.3. The summed E-state index contributed by atoms with van der Waals surface area (Å²) in [6.45, 7) is 7.50. The molecule has 0 aliphatic heterocycles. The number of hydrogen-bond acceptors (Lipinski definition) is 3. The first-order valence-corrected chi connectivity index (χ1v) is 13.5. The van der Waals surface area contributed by atoms with E-state index in [4.69, 9.17) is 6.42 Å². The lowest BCUT2D eigenvalue weighted by Gasteiger charge is -2.62. The lowest BCUT2D eigenvalue weighted by atomic mass is 9.43. The number of allylic oxidation sites excluding steroid dienone is 1. The van der Waals surface area contributed by atoms with Crippen LogP contribution in [-0.2, 0) is 4.79 Å². The molecule has 0 aromatic carbocycles. The van der Waals surface area contributed by atoms with Crippen LogP contribution >= 0.6 is 0 Å². The van der Waals surface area contributed by atoms with Crippen molar-refractivity contribution in [3.05, 3.63) is 12.2 Å². The van der Waals surface area contributed by atoms with E-state index >= 15 is 0 Å². The molecule has 1 amide bonds. The van der Waals surface area contributed by atoms with Gasteiger partial charge in [0.15, 0.2) is 0 Å². The standard InChI is InChI=1S/C29H45NO3/c1-5-16-30-27(33)9-7-6-8-19(2)23-12-13-24-22-11-10-20-17-21(31)14-15-28(20,3)25(22)18-26(32)29(23,24)4/h1,7,9,19-26,31-32H,6,8,10-18H2,2-4H3,(H,30,33)/b9-7+. The molecule has 4 saturated carbocycles. The molecule has 10 unspecified atom stereocenters. The number of hydrogen-bond donors (Lipinski definition) is 3. The first-order chi connectivity index (χ1) is 15.7. The minimum Gasteiger partial charge on any atom is -0.393 e. The average Bonchev–Trinajstić information content (AvgIpc) is 3.15. The van der Waals surface area contributed by atoms with Gasteiger partial charge in [0.1, 0.15) is 0 Å². The molecule has 10 atom stereocenters. The summed E-state index contributed by atoms with van der Waals surface area (Å²) < 4.78 is 0. The van der Waals surface area contributed by atoms with Crippen molar-refractivity contribution in [3.8, 4) is 12.3 Å². The summed E-state index contributed by atoms with van der Waals surface area (Å²) in [7, 11) is 0. The zero-order valence-corrected chi connectivity index (χ0v) is 20.9. The van der Waals surface area contributed by atoms with Crippen LogP contribution in [0.25, 0.3) is 0 Å². The third kappa shape index (κ3) is 4.41. The Bertz CT molecular complexity index is 786. The van der Waals surface area contributed by atoms with Crippen LogP contribution in [-0.4, -0.2) is 34.9 Å². The number of nitrogens with one attached hydrogen (secondary N) is 1. The van der Waals surface area contributed by atoms with Crippen molar-refractivity contribution in [2.75, 3.05) is 6.54 Å². The molecule has 0 bridgehead atoms. The van der Waals surface area contributed by atoms with E-state index < -0.39 is 0 Å². The number of aliphatic hydroxyl groups is 2. The van der Waals surface area contributed by atoms with Gasteiger partial charge in [0.05, 0.1) is 18.8 Å². The molecule has 3 N–H and O–H groups in total. The maximum absolute atomic E-state index is 11.7. The number of rotatable bonds is 6. The first kappa shape index (κ1) is 24.8. The number of terminal acetylenes is 1. The monoisotopic (exact) mass is 455 g/mol. The Kier molecular flexibility index (Phi) is 7.32. The van der Waals surface area contributed by atoms with Gasteiger partial charge < -0.3 is 15.5 Å². The summed E-state index contributed by atoms with van der Waals surface area (Å²) in [5.74, 6) is 5.94. The molecule has 0 saturated heterocycles. The van der Waals surface area contributed by atoms with Crippen molar-refractivity contribution in [3.63, 3.8) is 0 Å². The number of carbonyl (C=O) groups is 1. The van der Waals surface area contributed by atoms with Gasteiger partial charge in [-0.1, -0.05) is 32.8 Å². The highest BCUT2D eigenvalue weighted by Gasteiger charge is 2.63. The van der Waals surface area contributed by atoms with Gasteiger partial charge in [-0.3, -0.25) is 4.79 Å². The fourth-order valence-electron chi connectivity index (χ4n) is 9.11. The Morgan fingerprint density at radius 2 is 1.94 bits per heavy atom. The van der Waals surface area contributed by atoms with Gasteiger partial charge >= 0.3 is 0 Å². The molecule has 0 radical (unpaired) electrons. The molecule has 0 spiro atoms. The van der Waals surface area contributed by atoms with Crippen LogP contribution in [0, 0.1) is 58.7 Å². The highest BCUT2D eigenvalue weighted by Crippen LogP contribution is 2.68. The van der Waals surface area contributed by atoms with E-state index in [1.54, 1.807) is 6.08 Å². The highest BCUT2D eigenvalue weighted by atomic mass is 16.3. The second kappa shape index (κ2) is 9.74. The molecular formula is C29H45NO3. The lowest BCUT2D eigenvalue weighted by molar-refractivity contribution is -0.174. The van der Waals surface area contributed by atoms with Crippen molar-refractivity contribution in [1.29, 1.82) is 0 Å². The smallest absolute Gasteiger partial charge is 0.244 e. The maximum Gasteiger partial charge on any atom is 0.244 e. The van der Waals surface area contributed by atoms with Gasteiger partial charge in [0, 0.05) is 0 Å². The molecule has 0 aromatic heterocycles. The summed E-state index contributed by atoms with van der Waals surface area (Å²) in [5, 5.41) is 24.6. The van der Waals surface area contributed by atoms with Crippen molar-refractivity contribution >= 4 is 5.91 Å². The average molecular weight is 456 g/mol. The van der Waals surface area contributed by atoms with Gasteiger partial charge in [-0.2, -0.15) is 0 Å². The minimum atomic E-state index is -0.230. The fourth-order valence-corrected chi connectivity index (χ4v) is 9.11. The first-order valence-electron chi connectivity index (χ1n) is 13.5. The fraction of sp³-hybridized carbons (Fsp3) is 0.828. The van der Waals surface area contributed by atoms with E-state index in [9.17, 15) is 15.0 Å². The van der Waals surface area contributed by atoms with E-state index in [0.29, 0.717) is 35.0 Å². The van der Waals surface area contributed by atoms with E-state index in [0.717, 1.165) is 44.4 Å². The van der Waals surface area contributed by atoms with Gasteiger partial charge in [-0.05, 0) is 117 Å². The maximum atomic E-state index is 11.7. The number of carbonyl (C=O) groups excluding carboxylic acids is 1. The molecule has 4 rings (SSSR count). The molecule has 0 heterocycles. The van der Waals surface area contributed by atoms with Gasteiger partial charge in [0.2, 0.25) is 5.91 Å². The highest BCUT2D eigenvalue weighted by molar-refractivity contribution is 5.87. The van der Waals surface area contributed by atoms with Gasteiger partial charge in [-0.25, -0.2) is 0 Å². The summed E-state index contributed by atoms with van der Waals surface area (Å²) in [6, 6.07) is 0. The largest absolute Gasteiger partial charge is 0.393 e. The molecule has 4 nitrogen and oxygen atoms in total. The van der Waals surface area contributed by atoms with Crippen LogP contribution in [0.15, 0.2) is 12.2 Å². The van der Waals surface area contributed by atoms with Crippen molar-refractivity contribution < 1.29 is 15.0 Å². The van der Waals surface area contributed by atoms with E-state index in [1.807, 2.05) is 6.08 Å². The Hall–Kier alpha value is -1.31. The topological polar surface area (TPSA) is 69.6 Å². The number of amides is 1. The molecule has 33 heavy (non-hydrogen) atoms. The molecular weight excluding hydrogens is 410 g/mol. The van der Waals surface area contributed by atoms with E-state index in [-0.39, 0.29) is 30.1 Å². The summed E-state index contributed by atoms with van der Waals surface area (Å²) in [4.78, 5) is 11.7. The quantitative estimate of drug-likeness (QED) is 0.402. The number of fused-ring (bicyclic) bond motifs is 5. The third-order valence-electron chi connectivity index (χ3n) is 10.9. The summed E-state index contributed by atoms with van der Waals surface area (Å²) >= 11 is 0.